The largest absolute Gasteiger partial charge is 0.493 e. The molecule has 1 aliphatic heterocycles. The molecule has 1 atom stereocenters. The molecule has 0 aromatic heterocycles. The lowest BCUT2D eigenvalue weighted by molar-refractivity contribution is 0.0734. The first-order chi connectivity index (χ1) is 18.8. The summed E-state index contributed by atoms with van der Waals surface area (Å²) in [4.78, 5) is 12.9. The van der Waals surface area contributed by atoms with Crippen molar-refractivity contribution in [1.82, 2.24) is 0 Å². The minimum atomic E-state index is -0.678. The molecule has 0 saturated carbocycles. The van der Waals surface area contributed by atoms with E-state index in [1.54, 1.807) is 32.2 Å². The molecule has 3 aromatic rings. The molecule has 0 bridgehead atoms. The van der Waals surface area contributed by atoms with Crippen LogP contribution in [0.25, 0.3) is 0 Å². The van der Waals surface area contributed by atoms with E-state index in [1.165, 1.54) is 18.2 Å². The van der Waals surface area contributed by atoms with E-state index in [0.717, 1.165) is 12.0 Å². The molecule has 39 heavy (non-hydrogen) atoms. The van der Waals surface area contributed by atoms with Crippen LogP contribution in [0.15, 0.2) is 60.0 Å². The topological polar surface area (TPSA) is 113 Å². The Morgan fingerprint density at radius 2 is 1.79 bits per heavy atom. The smallest absolute Gasteiger partial charge is 0.343 e. The van der Waals surface area contributed by atoms with Gasteiger partial charge in [0.25, 0.3) is 0 Å². The molecule has 1 heterocycles. The predicted molar refractivity (Wildman–Crippen MR) is 147 cm³/mol. The average molecular weight is 569 g/mol. The van der Waals surface area contributed by atoms with Gasteiger partial charge in [0.1, 0.15) is 23.1 Å². The number of carbonyl (C=O) groups is 1. The van der Waals surface area contributed by atoms with Gasteiger partial charge in [-0.2, -0.15) is 5.26 Å². The highest BCUT2D eigenvalue weighted by Gasteiger charge is 2.32. The van der Waals surface area contributed by atoms with Gasteiger partial charge in [-0.25, -0.2) is 4.79 Å². The van der Waals surface area contributed by atoms with Crippen LogP contribution in [-0.2, 0) is 0 Å². The van der Waals surface area contributed by atoms with Crippen LogP contribution in [0.4, 0.5) is 0 Å². The third kappa shape index (κ3) is 5.85. The van der Waals surface area contributed by atoms with E-state index in [0.29, 0.717) is 41.8 Å². The fraction of sp³-hybridized carbons (Fsp3) is 0.241. The fourth-order valence-corrected chi connectivity index (χ4v) is 4.76. The SMILES string of the molecule is CCCOc1ccc(C2C(C#N)=C(N)Oc3cc(OC(=O)c4cc(Cl)c(OCC)c(Cl)c4)ccc32)cc1OC. The Balaban J connectivity index is 1.66. The van der Waals surface area contributed by atoms with Crippen molar-refractivity contribution in [2.45, 2.75) is 26.2 Å². The summed E-state index contributed by atoms with van der Waals surface area (Å²) >= 11 is 12.5. The van der Waals surface area contributed by atoms with E-state index in [-0.39, 0.29) is 32.8 Å². The molecule has 0 aliphatic carbocycles. The van der Waals surface area contributed by atoms with E-state index >= 15 is 0 Å². The standard InChI is InChI=1S/C29H26Cl2N2O6/c1-4-10-37-23-9-6-16(13-25(23)35-3)26-19-8-7-18(14-24(19)39-28(33)20(26)15-32)38-29(34)17-11-21(30)27(36-5-2)22(31)12-17/h6-9,11-14,26H,4-5,10,33H2,1-3H3. The van der Waals surface area contributed by atoms with E-state index in [2.05, 4.69) is 6.07 Å². The maximum Gasteiger partial charge on any atom is 0.343 e. The second-order valence-electron chi connectivity index (χ2n) is 8.47. The average Bonchev–Trinajstić information content (AvgIpc) is 2.92. The molecule has 0 saturated heterocycles. The molecule has 0 amide bonds. The monoisotopic (exact) mass is 568 g/mol. The lowest BCUT2D eigenvalue weighted by Crippen LogP contribution is -2.21. The highest BCUT2D eigenvalue weighted by molar-refractivity contribution is 6.37. The summed E-state index contributed by atoms with van der Waals surface area (Å²) in [7, 11) is 1.55. The highest BCUT2D eigenvalue weighted by atomic mass is 35.5. The summed E-state index contributed by atoms with van der Waals surface area (Å²) in [5.41, 5.74) is 7.95. The van der Waals surface area contributed by atoms with Gasteiger partial charge in [0.2, 0.25) is 5.88 Å². The number of nitrogens with zero attached hydrogens (tertiary/aromatic N) is 1. The van der Waals surface area contributed by atoms with Gasteiger partial charge < -0.3 is 29.4 Å². The van der Waals surface area contributed by atoms with Crippen LogP contribution in [0.3, 0.4) is 0 Å². The van der Waals surface area contributed by atoms with Crippen molar-refractivity contribution in [2.24, 2.45) is 5.73 Å². The number of allylic oxidation sites excluding steroid dienone is 1. The Labute approximate surface area is 236 Å². The lowest BCUT2D eigenvalue weighted by atomic mass is 9.83. The summed E-state index contributed by atoms with van der Waals surface area (Å²) < 4.78 is 28.0. The molecule has 202 valence electrons. The van der Waals surface area contributed by atoms with Crippen molar-refractivity contribution >= 4 is 29.2 Å². The Morgan fingerprint density at radius 1 is 1.05 bits per heavy atom. The first-order valence-electron chi connectivity index (χ1n) is 12.2. The van der Waals surface area contributed by atoms with Crippen molar-refractivity contribution in [3.63, 3.8) is 0 Å². The number of methoxy groups -OCH3 is 1. The summed E-state index contributed by atoms with van der Waals surface area (Å²) in [6.45, 7) is 4.73. The quantitative estimate of drug-likeness (QED) is 0.226. The zero-order valence-electron chi connectivity index (χ0n) is 21.5. The zero-order valence-corrected chi connectivity index (χ0v) is 23.1. The van der Waals surface area contributed by atoms with Gasteiger partial charge in [-0.3, -0.25) is 0 Å². The Bertz CT molecular complexity index is 1460. The third-order valence-electron chi connectivity index (χ3n) is 5.91. The molecular formula is C29H26Cl2N2O6. The van der Waals surface area contributed by atoms with Crippen LogP contribution in [0.1, 0.15) is 47.7 Å². The predicted octanol–water partition coefficient (Wildman–Crippen LogP) is 6.63. The number of fused-ring (bicyclic) bond motifs is 1. The molecule has 0 fully saturated rings. The normalized spacial score (nSPS) is 14.1. The first kappa shape index (κ1) is 28.0. The minimum Gasteiger partial charge on any atom is -0.493 e. The van der Waals surface area contributed by atoms with Crippen LogP contribution in [0.5, 0.6) is 28.7 Å². The van der Waals surface area contributed by atoms with Gasteiger partial charge in [0, 0.05) is 11.6 Å². The number of rotatable bonds is 9. The number of halogens is 2. The van der Waals surface area contributed by atoms with Gasteiger partial charge in [-0.15, -0.1) is 0 Å². The number of nitrogens with two attached hydrogens (primary N) is 1. The summed E-state index contributed by atoms with van der Waals surface area (Å²) in [6, 6.07) is 15.3. The summed E-state index contributed by atoms with van der Waals surface area (Å²) in [5.74, 6) is 0.703. The highest BCUT2D eigenvalue weighted by Crippen LogP contribution is 2.45. The number of hydrogen-bond donors (Lipinski definition) is 1. The third-order valence-corrected chi connectivity index (χ3v) is 6.47. The molecule has 3 aromatic carbocycles. The Morgan fingerprint density at radius 3 is 2.44 bits per heavy atom. The molecule has 1 unspecified atom stereocenters. The fourth-order valence-electron chi connectivity index (χ4n) is 4.16. The van der Waals surface area contributed by atoms with Crippen molar-refractivity contribution in [3.8, 4) is 34.8 Å². The number of nitriles is 1. The van der Waals surface area contributed by atoms with Gasteiger partial charge in [-0.05, 0) is 49.2 Å². The first-order valence-corrected chi connectivity index (χ1v) is 12.9. The zero-order chi connectivity index (χ0) is 28.1. The van der Waals surface area contributed by atoms with Crippen LogP contribution < -0.4 is 29.4 Å². The molecule has 0 radical (unpaired) electrons. The van der Waals surface area contributed by atoms with Crippen LogP contribution in [0, 0.1) is 11.3 Å². The van der Waals surface area contributed by atoms with E-state index in [9.17, 15) is 10.1 Å². The Hall–Kier alpha value is -4.06. The van der Waals surface area contributed by atoms with Gasteiger partial charge >= 0.3 is 5.97 Å². The Kier molecular flexibility index (Phi) is 8.75. The lowest BCUT2D eigenvalue weighted by Gasteiger charge is -2.27. The van der Waals surface area contributed by atoms with E-state index in [4.69, 9.17) is 52.6 Å². The van der Waals surface area contributed by atoms with Crippen LogP contribution in [0.2, 0.25) is 10.0 Å². The molecular weight excluding hydrogens is 543 g/mol. The molecule has 2 N–H and O–H groups in total. The van der Waals surface area contributed by atoms with Crippen molar-refractivity contribution < 1.29 is 28.5 Å². The van der Waals surface area contributed by atoms with Gasteiger partial charge in [-0.1, -0.05) is 42.3 Å². The number of ether oxygens (including phenoxy) is 5. The summed E-state index contributed by atoms with van der Waals surface area (Å²) in [6.07, 6.45) is 0.849. The van der Waals surface area contributed by atoms with Gasteiger partial charge in [0.15, 0.2) is 17.2 Å². The van der Waals surface area contributed by atoms with Gasteiger partial charge in [0.05, 0.1) is 41.9 Å². The second kappa shape index (κ2) is 12.2. The van der Waals surface area contributed by atoms with Crippen molar-refractivity contribution in [1.29, 1.82) is 5.26 Å². The molecule has 1 aliphatic rings. The maximum absolute atomic E-state index is 12.9. The van der Waals surface area contributed by atoms with Crippen molar-refractivity contribution in [3.05, 3.63) is 86.7 Å². The van der Waals surface area contributed by atoms with E-state index in [1.807, 2.05) is 19.1 Å². The van der Waals surface area contributed by atoms with Crippen molar-refractivity contribution in [2.75, 3.05) is 20.3 Å². The maximum atomic E-state index is 12.9. The number of benzene rings is 3. The molecule has 4 rings (SSSR count). The number of carbonyl (C=O) groups excluding carboxylic acids is 1. The molecule has 0 spiro atoms. The van der Waals surface area contributed by atoms with Crippen LogP contribution in [-0.4, -0.2) is 26.3 Å². The summed E-state index contributed by atoms with van der Waals surface area (Å²) in [5, 5.41) is 10.3. The second-order valence-corrected chi connectivity index (χ2v) is 9.29. The number of hydrogen-bond acceptors (Lipinski definition) is 8. The molecule has 8 nitrogen and oxygen atoms in total. The minimum absolute atomic E-state index is 0.0474. The van der Waals surface area contributed by atoms with E-state index < -0.39 is 11.9 Å². The molecule has 10 heteroatoms. The van der Waals surface area contributed by atoms with Crippen LogP contribution >= 0.6 is 23.2 Å². The number of esters is 1.